The molecule has 0 bridgehead atoms. The molecule has 0 aromatic carbocycles. The molecule has 2 saturated carbocycles. The summed E-state index contributed by atoms with van der Waals surface area (Å²) in [6, 6.07) is 0.566. The van der Waals surface area contributed by atoms with Gasteiger partial charge in [-0.3, -0.25) is 0 Å². The van der Waals surface area contributed by atoms with Crippen molar-refractivity contribution < 1.29 is 0 Å². The number of rotatable bonds is 1. The van der Waals surface area contributed by atoms with Gasteiger partial charge in [-0.25, -0.2) is 0 Å². The molecule has 2 fully saturated rings. The molecule has 2 aliphatic carbocycles. The molecule has 2 N–H and O–H groups in total. The molecule has 2 aliphatic rings. The van der Waals surface area contributed by atoms with Crippen molar-refractivity contribution in [1.29, 1.82) is 0 Å². The minimum Gasteiger partial charge on any atom is -0.327 e. The molecule has 0 aromatic heterocycles. The van der Waals surface area contributed by atoms with Gasteiger partial charge in [0.05, 0.1) is 0 Å². The Morgan fingerprint density at radius 1 is 1.17 bits per heavy atom. The molecule has 0 heterocycles. The highest BCUT2D eigenvalue weighted by Gasteiger charge is 2.42. The molecule has 1 nitrogen and oxygen atoms in total. The summed E-state index contributed by atoms with van der Waals surface area (Å²) in [6.45, 7) is 4.80. The zero-order chi connectivity index (χ0) is 8.77. The van der Waals surface area contributed by atoms with Crippen molar-refractivity contribution in [3.63, 3.8) is 0 Å². The molecule has 2 atom stereocenters. The summed E-state index contributed by atoms with van der Waals surface area (Å²) < 4.78 is 0. The van der Waals surface area contributed by atoms with E-state index in [1.165, 1.54) is 32.1 Å². The third-order valence-corrected chi connectivity index (χ3v) is 3.88. The summed E-state index contributed by atoms with van der Waals surface area (Å²) in [7, 11) is 0. The molecule has 70 valence electrons. The van der Waals surface area contributed by atoms with Gasteiger partial charge >= 0.3 is 0 Å². The van der Waals surface area contributed by atoms with Crippen LogP contribution in [0.15, 0.2) is 0 Å². The Labute approximate surface area is 75.7 Å². The zero-order valence-electron chi connectivity index (χ0n) is 8.34. The van der Waals surface area contributed by atoms with Crippen LogP contribution in [0.25, 0.3) is 0 Å². The minimum atomic E-state index is 0.566. The Hall–Kier alpha value is -0.0400. The van der Waals surface area contributed by atoms with Crippen LogP contribution in [0.3, 0.4) is 0 Å². The fourth-order valence-corrected chi connectivity index (χ4v) is 2.63. The van der Waals surface area contributed by atoms with E-state index in [2.05, 4.69) is 13.8 Å². The first-order valence-electron chi connectivity index (χ1n) is 5.34. The molecule has 2 unspecified atom stereocenters. The van der Waals surface area contributed by atoms with Crippen LogP contribution in [0, 0.1) is 17.3 Å². The molecule has 0 aliphatic heterocycles. The second-order valence-corrected chi connectivity index (χ2v) is 5.57. The quantitative estimate of drug-likeness (QED) is 0.638. The molecular formula is C11H21N. The normalized spacial score (nSPS) is 41.2. The summed E-state index contributed by atoms with van der Waals surface area (Å²) >= 11 is 0. The van der Waals surface area contributed by atoms with Gasteiger partial charge in [-0.1, -0.05) is 13.8 Å². The van der Waals surface area contributed by atoms with Crippen LogP contribution in [0.2, 0.25) is 0 Å². The fourth-order valence-electron chi connectivity index (χ4n) is 2.63. The summed E-state index contributed by atoms with van der Waals surface area (Å²) in [4.78, 5) is 0. The van der Waals surface area contributed by atoms with Gasteiger partial charge in [0.2, 0.25) is 0 Å². The minimum absolute atomic E-state index is 0.566. The monoisotopic (exact) mass is 167 g/mol. The lowest BCUT2D eigenvalue weighted by molar-refractivity contribution is 0.176. The molecular weight excluding hydrogens is 146 g/mol. The third kappa shape index (κ3) is 1.66. The van der Waals surface area contributed by atoms with Gasteiger partial charge in [-0.05, 0) is 49.4 Å². The topological polar surface area (TPSA) is 26.0 Å². The van der Waals surface area contributed by atoms with Crippen LogP contribution in [0.5, 0.6) is 0 Å². The van der Waals surface area contributed by atoms with Crippen molar-refractivity contribution in [2.24, 2.45) is 23.0 Å². The largest absolute Gasteiger partial charge is 0.327 e. The molecule has 1 heteroatoms. The van der Waals surface area contributed by atoms with Gasteiger partial charge in [0.25, 0.3) is 0 Å². The Morgan fingerprint density at radius 2 is 1.67 bits per heavy atom. The van der Waals surface area contributed by atoms with E-state index >= 15 is 0 Å². The lowest BCUT2D eigenvalue weighted by atomic mass is 9.72. The van der Waals surface area contributed by atoms with E-state index in [0.29, 0.717) is 11.5 Å². The van der Waals surface area contributed by atoms with Crippen LogP contribution in [0.4, 0.5) is 0 Å². The molecule has 0 saturated heterocycles. The lowest BCUT2D eigenvalue weighted by Crippen LogP contribution is -2.23. The highest BCUT2D eigenvalue weighted by molar-refractivity contribution is 4.96. The van der Waals surface area contributed by atoms with Crippen LogP contribution in [-0.2, 0) is 0 Å². The Bertz CT molecular complexity index is 164. The number of nitrogens with two attached hydrogens (primary N) is 1. The van der Waals surface area contributed by atoms with Crippen molar-refractivity contribution in [2.45, 2.75) is 52.0 Å². The summed E-state index contributed by atoms with van der Waals surface area (Å²) in [6.07, 6.45) is 7.02. The summed E-state index contributed by atoms with van der Waals surface area (Å²) in [5, 5.41) is 0. The van der Waals surface area contributed by atoms with Gasteiger partial charge in [-0.2, -0.15) is 0 Å². The second-order valence-electron chi connectivity index (χ2n) is 5.57. The first kappa shape index (κ1) is 8.55. The van der Waals surface area contributed by atoms with Gasteiger partial charge in [0.15, 0.2) is 0 Å². The average molecular weight is 167 g/mol. The molecule has 0 radical (unpaired) electrons. The Balaban J connectivity index is 1.83. The number of hydrogen-bond donors (Lipinski definition) is 1. The van der Waals surface area contributed by atoms with Crippen LogP contribution in [0.1, 0.15) is 46.0 Å². The van der Waals surface area contributed by atoms with Gasteiger partial charge in [0.1, 0.15) is 0 Å². The van der Waals surface area contributed by atoms with E-state index in [1.807, 2.05) is 0 Å². The van der Waals surface area contributed by atoms with Gasteiger partial charge in [-0.15, -0.1) is 0 Å². The van der Waals surface area contributed by atoms with E-state index in [4.69, 9.17) is 5.73 Å². The van der Waals surface area contributed by atoms with Crippen molar-refractivity contribution in [3.05, 3.63) is 0 Å². The first-order valence-corrected chi connectivity index (χ1v) is 5.34. The lowest BCUT2D eigenvalue weighted by Gasteiger charge is -2.34. The first-order chi connectivity index (χ1) is 5.58. The van der Waals surface area contributed by atoms with E-state index in [0.717, 1.165) is 11.8 Å². The molecule has 12 heavy (non-hydrogen) atoms. The highest BCUT2D eigenvalue weighted by atomic mass is 14.8. The molecule has 0 aromatic rings. The van der Waals surface area contributed by atoms with Crippen LogP contribution >= 0.6 is 0 Å². The molecule has 0 amide bonds. The predicted octanol–water partition coefficient (Wildman–Crippen LogP) is 2.55. The predicted molar refractivity (Wildman–Crippen MR) is 51.8 cm³/mol. The molecule has 2 rings (SSSR count). The van der Waals surface area contributed by atoms with Crippen molar-refractivity contribution in [3.8, 4) is 0 Å². The van der Waals surface area contributed by atoms with E-state index < -0.39 is 0 Å². The van der Waals surface area contributed by atoms with E-state index in [-0.39, 0.29) is 0 Å². The SMILES string of the molecule is CC1(C)CCC(C2CC2N)CC1. The van der Waals surface area contributed by atoms with Crippen LogP contribution in [-0.4, -0.2) is 6.04 Å². The Kier molecular flexibility index (Phi) is 1.95. The molecule has 0 spiro atoms. The van der Waals surface area contributed by atoms with Crippen molar-refractivity contribution in [2.75, 3.05) is 0 Å². The van der Waals surface area contributed by atoms with E-state index in [9.17, 15) is 0 Å². The zero-order valence-corrected chi connectivity index (χ0v) is 8.34. The third-order valence-electron chi connectivity index (χ3n) is 3.88. The maximum absolute atomic E-state index is 5.86. The summed E-state index contributed by atoms with van der Waals surface area (Å²) in [5.41, 5.74) is 6.49. The average Bonchev–Trinajstić information content (AvgIpc) is 2.67. The smallest absolute Gasteiger partial charge is 0.00737 e. The Morgan fingerprint density at radius 3 is 2.08 bits per heavy atom. The van der Waals surface area contributed by atoms with Gasteiger partial charge in [0, 0.05) is 6.04 Å². The highest BCUT2D eigenvalue weighted by Crippen LogP contribution is 2.47. The maximum Gasteiger partial charge on any atom is 0.00737 e. The maximum atomic E-state index is 5.86. The number of hydrogen-bond acceptors (Lipinski definition) is 1. The standard InChI is InChI=1S/C11H21N/c1-11(2)5-3-8(4-6-11)9-7-10(9)12/h8-10H,3-7,12H2,1-2H3. The summed E-state index contributed by atoms with van der Waals surface area (Å²) in [5.74, 6) is 1.88. The second kappa shape index (κ2) is 2.73. The fraction of sp³-hybridized carbons (Fsp3) is 1.00. The van der Waals surface area contributed by atoms with Crippen molar-refractivity contribution >= 4 is 0 Å². The van der Waals surface area contributed by atoms with Crippen LogP contribution < -0.4 is 5.73 Å². The van der Waals surface area contributed by atoms with Crippen molar-refractivity contribution in [1.82, 2.24) is 0 Å². The van der Waals surface area contributed by atoms with E-state index in [1.54, 1.807) is 0 Å². The van der Waals surface area contributed by atoms with Gasteiger partial charge < -0.3 is 5.73 Å².